The Labute approximate surface area is 166 Å². The van der Waals surface area contributed by atoms with Crippen LogP contribution in [0.15, 0.2) is 72.5 Å². The molecule has 27 heavy (non-hydrogen) atoms. The second-order valence-electron chi connectivity index (χ2n) is 8.15. The van der Waals surface area contributed by atoms with Crippen LogP contribution in [0.4, 0.5) is 0 Å². The summed E-state index contributed by atoms with van der Waals surface area (Å²) < 4.78 is 0. The second kappa shape index (κ2) is 9.78. The molecule has 1 saturated carbocycles. The lowest BCUT2D eigenvalue weighted by Gasteiger charge is -2.34. The monoisotopic (exact) mass is 361 g/mol. The Kier molecular flexibility index (Phi) is 7.15. The first-order chi connectivity index (χ1) is 13.2. The Morgan fingerprint density at radius 1 is 1.07 bits per heavy atom. The zero-order valence-electron chi connectivity index (χ0n) is 17.0. The van der Waals surface area contributed by atoms with Gasteiger partial charge in [-0.15, -0.1) is 0 Å². The molecule has 1 atom stereocenters. The molecule has 1 nitrogen and oxygen atoms in total. The van der Waals surface area contributed by atoms with Crippen LogP contribution in [0, 0.1) is 5.92 Å². The first kappa shape index (κ1) is 19.7. The summed E-state index contributed by atoms with van der Waals surface area (Å²) in [7, 11) is 0. The van der Waals surface area contributed by atoms with E-state index in [1.807, 2.05) is 0 Å². The van der Waals surface area contributed by atoms with E-state index >= 15 is 0 Å². The van der Waals surface area contributed by atoms with Gasteiger partial charge in [0.1, 0.15) is 0 Å². The number of benzene rings is 1. The Morgan fingerprint density at radius 2 is 1.78 bits per heavy atom. The predicted molar refractivity (Wildman–Crippen MR) is 118 cm³/mol. The third-order valence-electron chi connectivity index (χ3n) is 6.22. The summed E-state index contributed by atoms with van der Waals surface area (Å²) in [6.45, 7) is 11.1. The first-order valence-corrected chi connectivity index (χ1v) is 10.7. The topological polar surface area (TPSA) is 12.0 Å². The predicted octanol–water partition coefficient (Wildman–Crippen LogP) is 6.68. The van der Waals surface area contributed by atoms with E-state index < -0.39 is 0 Å². The molecule has 0 bridgehead atoms. The third-order valence-corrected chi connectivity index (χ3v) is 6.22. The highest BCUT2D eigenvalue weighted by molar-refractivity contribution is 5.38. The minimum atomic E-state index is 0.356. The smallest absolute Gasteiger partial charge is 0.0499 e. The van der Waals surface area contributed by atoms with Gasteiger partial charge >= 0.3 is 0 Å². The molecule has 0 saturated heterocycles. The SMILES string of the molecule is C=C(N[C@H](C(=C)CCc1ccc(CC)cc1)C1CCCCC1)C1=CC=CC1. The Morgan fingerprint density at radius 3 is 2.41 bits per heavy atom. The van der Waals surface area contributed by atoms with Crippen LogP contribution in [0.5, 0.6) is 0 Å². The number of allylic oxidation sites excluding steroid dienone is 4. The molecular weight excluding hydrogens is 326 g/mol. The van der Waals surface area contributed by atoms with E-state index in [0.717, 1.165) is 31.4 Å². The Balaban J connectivity index is 1.62. The Bertz CT molecular complexity index is 698. The summed E-state index contributed by atoms with van der Waals surface area (Å²) in [5.41, 5.74) is 6.57. The van der Waals surface area contributed by atoms with Gasteiger partial charge in [0.25, 0.3) is 0 Å². The minimum Gasteiger partial charge on any atom is -0.379 e. The van der Waals surface area contributed by atoms with E-state index in [1.54, 1.807) is 0 Å². The summed E-state index contributed by atoms with van der Waals surface area (Å²) >= 11 is 0. The van der Waals surface area contributed by atoms with Gasteiger partial charge in [-0.1, -0.05) is 87.4 Å². The molecule has 0 radical (unpaired) electrons. The van der Waals surface area contributed by atoms with Crippen molar-refractivity contribution in [1.29, 1.82) is 0 Å². The van der Waals surface area contributed by atoms with E-state index in [1.165, 1.54) is 54.4 Å². The van der Waals surface area contributed by atoms with E-state index in [9.17, 15) is 0 Å². The van der Waals surface area contributed by atoms with Crippen molar-refractivity contribution in [3.8, 4) is 0 Å². The summed E-state index contributed by atoms with van der Waals surface area (Å²) in [5, 5.41) is 3.78. The van der Waals surface area contributed by atoms with Gasteiger partial charge in [-0.25, -0.2) is 0 Å². The van der Waals surface area contributed by atoms with Gasteiger partial charge in [0, 0.05) is 11.7 Å². The maximum atomic E-state index is 4.52. The molecule has 0 spiro atoms. The number of nitrogens with one attached hydrogen (secondary N) is 1. The standard InChI is InChI=1S/C26H35N/c1-4-22-16-18-23(19-17-22)15-14-20(2)26(25-12-6-5-7-13-25)27-21(3)24-10-8-9-11-24/h8-10,16-19,25-27H,2-7,11-15H2,1H3/t26-/m1/s1. The lowest BCUT2D eigenvalue weighted by molar-refractivity contribution is 0.301. The van der Waals surface area contributed by atoms with Crippen LogP contribution in [0.25, 0.3) is 0 Å². The highest BCUT2D eigenvalue weighted by Crippen LogP contribution is 2.32. The zero-order valence-corrected chi connectivity index (χ0v) is 17.0. The van der Waals surface area contributed by atoms with Crippen molar-refractivity contribution in [2.24, 2.45) is 5.92 Å². The highest BCUT2D eigenvalue weighted by atomic mass is 14.9. The molecule has 1 N–H and O–H groups in total. The van der Waals surface area contributed by atoms with Crippen molar-refractivity contribution in [2.75, 3.05) is 0 Å². The van der Waals surface area contributed by atoms with Crippen molar-refractivity contribution >= 4 is 0 Å². The van der Waals surface area contributed by atoms with Crippen LogP contribution >= 0.6 is 0 Å². The second-order valence-corrected chi connectivity index (χ2v) is 8.15. The average Bonchev–Trinajstić information content (AvgIpc) is 3.26. The van der Waals surface area contributed by atoms with Crippen molar-refractivity contribution in [3.63, 3.8) is 0 Å². The summed E-state index contributed by atoms with van der Waals surface area (Å²) in [5.74, 6) is 0.695. The Hall–Kier alpha value is -2.02. The number of aryl methyl sites for hydroxylation is 2. The van der Waals surface area contributed by atoms with Gasteiger partial charge in [0.05, 0.1) is 0 Å². The summed E-state index contributed by atoms with van der Waals surface area (Å²) in [4.78, 5) is 0. The van der Waals surface area contributed by atoms with E-state index in [0.29, 0.717) is 12.0 Å². The van der Waals surface area contributed by atoms with Crippen molar-refractivity contribution in [3.05, 3.63) is 83.6 Å². The molecular formula is C26H35N. The normalized spacial score (nSPS) is 18.2. The summed E-state index contributed by atoms with van der Waals surface area (Å²) in [6.07, 6.45) is 17.5. The lowest BCUT2D eigenvalue weighted by Crippen LogP contribution is -2.38. The first-order valence-electron chi connectivity index (χ1n) is 10.7. The largest absolute Gasteiger partial charge is 0.379 e. The molecule has 2 aliphatic rings. The van der Waals surface area contributed by atoms with Crippen LogP contribution in [0.1, 0.15) is 63.0 Å². The molecule has 1 fully saturated rings. The fourth-order valence-corrected chi connectivity index (χ4v) is 4.37. The molecule has 0 aliphatic heterocycles. The zero-order chi connectivity index (χ0) is 19.1. The van der Waals surface area contributed by atoms with Gasteiger partial charge in [-0.2, -0.15) is 0 Å². The lowest BCUT2D eigenvalue weighted by atomic mass is 9.80. The molecule has 0 unspecified atom stereocenters. The van der Waals surface area contributed by atoms with Crippen LogP contribution in [-0.2, 0) is 12.8 Å². The number of rotatable bonds is 9. The van der Waals surface area contributed by atoms with Crippen LogP contribution in [0.3, 0.4) is 0 Å². The average molecular weight is 362 g/mol. The molecule has 1 aromatic carbocycles. The molecule has 144 valence electrons. The summed E-state index contributed by atoms with van der Waals surface area (Å²) in [6, 6.07) is 9.44. The molecule has 0 heterocycles. The van der Waals surface area contributed by atoms with Gasteiger partial charge < -0.3 is 5.32 Å². The molecule has 0 amide bonds. The molecule has 0 aromatic heterocycles. The van der Waals surface area contributed by atoms with Crippen LogP contribution in [0.2, 0.25) is 0 Å². The van der Waals surface area contributed by atoms with E-state index in [4.69, 9.17) is 0 Å². The fraction of sp³-hybridized carbons (Fsp3) is 0.462. The molecule has 2 aliphatic carbocycles. The van der Waals surface area contributed by atoms with Gasteiger partial charge in [-0.3, -0.25) is 0 Å². The third kappa shape index (κ3) is 5.48. The number of hydrogen-bond donors (Lipinski definition) is 1. The van der Waals surface area contributed by atoms with Crippen molar-refractivity contribution in [2.45, 2.75) is 70.8 Å². The maximum Gasteiger partial charge on any atom is 0.0499 e. The number of hydrogen-bond acceptors (Lipinski definition) is 1. The molecule has 1 heteroatoms. The molecule has 3 rings (SSSR count). The minimum absolute atomic E-state index is 0.356. The van der Waals surface area contributed by atoms with Gasteiger partial charge in [0.15, 0.2) is 0 Å². The van der Waals surface area contributed by atoms with Crippen molar-refractivity contribution < 1.29 is 0 Å². The molecule has 1 aromatic rings. The van der Waals surface area contributed by atoms with Crippen LogP contribution in [-0.4, -0.2) is 6.04 Å². The highest BCUT2D eigenvalue weighted by Gasteiger charge is 2.26. The fourth-order valence-electron chi connectivity index (χ4n) is 4.37. The van der Waals surface area contributed by atoms with Crippen LogP contribution < -0.4 is 5.32 Å². The maximum absolute atomic E-state index is 4.52. The quantitative estimate of drug-likeness (QED) is 0.484. The van der Waals surface area contributed by atoms with E-state index in [2.05, 4.69) is 67.9 Å². The van der Waals surface area contributed by atoms with Gasteiger partial charge in [0.2, 0.25) is 0 Å². The van der Waals surface area contributed by atoms with Gasteiger partial charge in [-0.05, 0) is 61.1 Å². The van der Waals surface area contributed by atoms with Crippen molar-refractivity contribution in [1.82, 2.24) is 5.32 Å². The van der Waals surface area contributed by atoms with E-state index in [-0.39, 0.29) is 0 Å².